The summed E-state index contributed by atoms with van der Waals surface area (Å²) in [6, 6.07) is 0. The van der Waals surface area contributed by atoms with Crippen LogP contribution in [0.2, 0.25) is 0 Å². The largest absolute Gasteiger partial charge is 0.494 e. The number of nitrogens with zero attached hydrogens (tertiary/aromatic N) is 1. The highest BCUT2D eigenvalue weighted by Crippen LogP contribution is 2.09. The molecule has 0 unspecified atom stereocenters. The minimum Gasteiger partial charge on any atom is -0.494 e. The van der Waals surface area contributed by atoms with Crippen LogP contribution in [0.3, 0.4) is 0 Å². The van der Waals surface area contributed by atoms with E-state index in [2.05, 4.69) is 4.99 Å². The van der Waals surface area contributed by atoms with Crippen LogP contribution >= 0.6 is 0 Å². The summed E-state index contributed by atoms with van der Waals surface area (Å²) in [5.41, 5.74) is 0.660. The van der Waals surface area contributed by atoms with Crippen LogP contribution in [-0.2, 0) is 9.53 Å². The van der Waals surface area contributed by atoms with Gasteiger partial charge in [-0.3, -0.25) is 0 Å². The van der Waals surface area contributed by atoms with Gasteiger partial charge in [-0.15, -0.1) is 0 Å². The van der Waals surface area contributed by atoms with E-state index < -0.39 is 5.97 Å². The van der Waals surface area contributed by atoms with Gasteiger partial charge in [0.2, 0.25) is 0 Å². The fourth-order valence-corrected chi connectivity index (χ4v) is 0.817. The van der Waals surface area contributed by atoms with Gasteiger partial charge in [0.25, 0.3) is 0 Å². The highest BCUT2D eigenvalue weighted by Gasteiger charge is 2.04. The van der Waals surface area contributed by atoms with Gasteiger partial charge in [0, 0.05) is 0 Å². The van der Waals surface area contributed by atoms with Gasteiger partial charge < -0.3 is 9.84 Å². The van der Waals surface area contributed by atoms with Gasteiger partial charge >= 0.3 is 5.97 Å². The van der Waals surface area contributed by atoms with Crippen molar-refractivity contribution in [2.45, 2.75) is 40.7 Å². The number of carbonyl (C=O) groups is 1. The third-order valence-corrected chi connectivity index (χ3v) is 1.57. The van der Waals surface area contributed by atoms with E-state index in [0.717, 1.165) is 0 Å². The molecule has 80 valence electrons. The van der Waals surface area contributed by atoms with Gasteiger partial charge in [-0.25, -0.2) is 9.79 Å². The maximum Gasteiger partial charge on any atom is 0.349 e. The van der Waals surface area contributed by atoms with Crippen LogP contribution in [0, 0.1) is 0 Å². The van der Waals surface area contributed by atoms with Crippen LogP contribution in [0.4, 0.5) is 0 Å². The van der Waals surface area contributed by atoms with Gasteiger partial charge in [-0.2, -0.15) is 0 Å². The summed E-state index contributed by atoms with van der Waals surface area (Å²) in [5, 5.41) is 8.60. The summed E-state index contributed by atoms with van der Waals surface area (Å²) in [6.07, 6.45) is 0.0743. The van der Waals surface area contributed by atoms with Crippen molar-refractivity contribution in [3.05, 3.63) is 11.5 Å². The first kappa shape index (κ1) is 12.7. The molecule has 0 saturated heterocycles. The second kappa shape index (κ2) is 5.42. The third-order valence-electron chi connectivity index (χ3n) is 1.57. The maximum atomic E-state index is 10.5. The number of carboxylic acid groups (broad SMARTS) is 1. The minimum absolute atomic E-state index is 0.0641. The monoisotopic (exact) mass is 199 g/mol. The molecular formula is C10H17NO3. The van der Waals surface area contributed by atoms with Crippen molar-refractivity contribution in [1.82, 2.24) is 0 Å². The van der Waals surface area contributed by atoms with Crippen LogP contribution in [0.25, 0.3) is 0 Å². The first-order chi connectivity index (χ1) is 6.34. The average Bonchev–Trinajstić information content (AvgIpc) is 2.02. The summed E-state index contributed by atoms with van der Waals surface area (Å²) in [5.74, 6) is -0.359. The number of aliphatic carboxylic acids is 1. The highest BCUT2D eigenvalue weighted by atomic mass is 16.5. The molecule has 0 bridgehead atoms. The first-order valence-electron chi connectivity index (χ1n) is 4.47. The summed E-state index contributed by atoms with van der Waals surface area (Å²) in [6.45, 7) is 8.77. The highest BCUT2D eigenvalue weighted by molar-refractivity contribution is 6.34. The molecule has 0 aromatic rings. The number of hydrogen-bond donors (Lipinski definition) is 1. The van der Waals surface area contributed by atoms with Gasteiger partial charge in [0.1, 0.15) is 11.5 Å². The molecule has 1 N–H and O–H groups in total. The van der Waals surface area contributed by atoms with Crippen LogP contribution in [-0.4, -0.2) is 22.9 Å². The lowest BCUT2D eigenvalue weighted by Gasteiger charge is -2.11. The number of aliphatic imine (C=N–C) groups is 1. The molecule has 0 saturated carbocycles. The molecule has 0 amide bonds. The molecule has 4 heteroatoms. The molecule has 0 radical (unpaired) electrons. The van der Waals surface area contributed by atoms with Gasteiger partial charge in [-0.05, 0) is 34.6 Å². The number of hydrogen-bond acceptors (Lipinski definition) is 3. The van der Waals surface area contributed by atoms with Crippen molar-refractivity contribution in [1.29, 1.82) is 0 Å². The molecule has 0 aromatic heterocycles. The summed E-state index contributed by atoms with van der Waals surface area (Å²) in [7, 11) is 0. The zero-order valence-corrected chi connectivity index (χ0v) is 9.29. The molecule has 0 heterocycles. The van der Waals surface area contributed by atoms with E-state index >= 15 is 0 Å². The molecule has 0 rings (SSSR count). The van der Waals surface area contributed by atoms with Crippen LogP contribution in [0.15, 0.2) is 16.4 Å². The Morgan fingerprint density at radius 1 is 1.29 bits per heavy atom. The van der Waals surface area contributed by atoms with Crippen LogP contribution in [0.1, 0.15) is 34.6 Å². The Kier molecular flexibility index (Phi) is 4.91. The van der Waals surface area contributed by atoms with Crippen molar-refractivity contribution in [2.75, 3.05) is 0 Å². The molecular weight excluding hydrogens is 182 g/mol. The predicted octanol–water partition coefficient (Wildman–Crippen LogP) is 2.21. The van der Waals surface area contributed by atoms with Crippen molar-refractivity contribution >= 4 is 11.7 Å². The fraction of sp³-hybridized carbons (Fsp3) is 0.600. The van der Waals surface area contributed by atoms with E-state index in [0.29, 0.717) is 11.5 Å². The van der Waals surface area contributed by atoms with Crippen molar-refractivity contribution in [2.24, 2.45) is 4.99 Å². The Hall–Kier alpha value is -1.32. The molecule has 0 aliphatic heterocycles. The van der Waals surface area contributed by atoms with Gasteiger partial charge in [-0.1, -0.05) is 0 Å². The van der Waals surface area contributed by atoms with Gasteiger partial charge in [0.05, 0.1) is 11.8 Å². The van der Waals surface area contributed by atoms with E-state index in [1.54, 1.807) is 13.8 Å². The number of allylic oxidation sites excluding steroid dienone is 2. The Morgan fingerprint density at radius 2 is 1.79 bits per heavy atom. The molecule has 14 heavy (non-hydrogen) atoms. The topological polar surface area (TPSA) is 58.9 Å². The van der Waals surface area contributed by atoms with E-state index in [4.69, 9.17) is 9.84 Å². The van der Waals surface area contributed by atoms with Crippen LogP contribution < -0.4 is 0 Å². The molecule has 4 nitrogen and oxygen atoms in total. The summed E-state index contributed by atoms with van der Waals surface area (Å²) >= 11 is 0. The van der Waals surface area contributed by atoms with E-state index in [1.165, 1.54) is 6.92 Å². The Labute approximate surface area is 84.3 Å². The predicted molar refractivity (Wildman–Crippen MR) is 55.3 cm³/mol. The quantitative estimate of drug-likeness (QED) is 0.557. The third kappa shape index (κ3) is 4.64. The SMILES string of the molecule is CC(=N/C(C)=C(\C)OC(C)C)C(=O)O. The number of ether oxygens (including phenoxy) is 1. The van der Waals surface area contributed by atoms with E-state index in [-0.39, 0.29) is 11.8 Å². The van der Waals surface area contributed by atoms with Gasteiger partial charge in [0.15, 0.2) is 0 Å². The average molecular weight is 199 g/mol. The molecule has 0 aromatic carbocycles. The number of rotatable bonds is 4. The first-order valence-corrected chi connectivity index (χ1v) is 4.47. The Morgan fingerprint density at radius 3 is 2.14 bits per heavy atom. The molecule has 0 aliphatic rings. The molecule has 0 fully saturated rings. The van der Waals surface area contributed by atoms with Crippen molar-refractivity contribution < 1.29 is 14.6 Å². The standard InChI is InChI=1S/C10H17NO3/c1-6(2)14-9(5)7(3)11-8(4)10(12)13/h6H,1-5H3,(H,12,13)/b9-7+,11-8?. The zero-order valence-electron chi connectivity index (χ0n) is 9.29. The lowest BCUT2D eigenvalue weighted by atomic mass is 10.3. The fourth-order valence-electron chi connectivity index (χ4n) is 0.817. The Bertz CT molecular complexity index is 277. The summed E-state index contributed by atoms with van der Waals surface area (Å²) < 4.78 is 5.37. The maximum absolute atomic E-state index is 10.5. The summed E-state index contributed by atoms with van der Waals surface area (Å²) in [4.78, 5) is 14.4. The molecule has 0 spiro atoms. The van der Waals surface area contributed by atoms with Crippen molar-refractivity contribution in [3.63, 3.8) is 0 Å². The normalized spacial score (nSPS) is 14.0. The molecule has 0 aliphatic carbocycles. The van der Waals surface area contributed by atoms with E-state index in [1.807, 2.05) is 13.8 Å². The zero-order chi connectivity index (χ0) is 11.3. The Balaban J connectivity index is 4.67. The minimum atomic E-state index is -1.01. The lowest BCUT2D eigenvalue weighted by molar-refractivity contribution is -0.129. The van der Waals surface area contributed by atoms with Crippen molar-refractivity contribution in [3.8, 4) is 0 Å². The second-order valence-electron chi connectivity index (χ2n) is 3.31. The molecule has 0 atom stereocenters. The van der Waals surface area contributed by atoms with E-state index in [9.17, 15) is 4.79 Å². The van der Waals surface area contributed by atoms with Crippen LogP contribution in [0.5, 0.6) is 0 Å². The second-order valence-corrected chi connectivity index (χ2v) is 3.31. The number of carboxylic acids is 1. The smallest absolute Gasteiger partial charge is 0.349 e. The lowest BCUT2D eigenvalue weighted by Crippen LogP contribution is -2.09.